The molecule has 0 fully saturated rings. The van der Waals surface area contributed by atoms with E-state index in [0.29, 0.717) is 28.2 Å². The van der Waals surface area contributed by atoms with E-state index in [2.05, 4.69) is 9.98 Å². The van der Waals surface area contributed by atoms with Gasteiger partial charge in [-0.1, -0.05) is 6.08 Å². The van der Waals surface area contributed by atoms with Crippen LogP contribution in [0.15, 0.2) is 53.4 Å². The highest BCUT2D eigenvalue weighted by Gasteiger charge is 2.14. The van der Waals surface area contributed by atoms with Gasteiger partial charge in [-0.2, -0.15) is 0 Å². The molecule has 0 unspecified atom stereocenters. The number of ether oxygens (including phenoxy) is 3. The maximum atomic E-state index is 10.8. The van der Waals surface area contributed by atoms with Gasteiger partial charge in [-0.25, -0.2) is 4.99 Å². The number of nitro groups is 1. The monoisotopic (exact) mass is 341 g/mol. The Bertz CT molecular complexity index is 918. The lowest BCUT2D eigenvalue weighted by molar-refractivity contribution is -0.426. The molecule has 0 aliphatic carbocycles. The summed E-state index contributed by atoms with van der Waals surface area (Å²) in [5.41, 5.74) is 0.663. The Morgan fingerprint density at radius 1 is 1.16 bits per heavy atom. The number of benzene rings is 1. The van der Waals surface area contributed by atoms with Gasteiger partial charge in [0, 0.05) is 17.6 Å². The van der Waals surface area contributed by atoms with Crippen LogP contribution >= 0.6 is 0 Å². The summed E-state index contributed by atoms with van der Waals surface area (Å²) in [6.07, 6.45) is 6.21. The van der Waals surface area contributed by atoms with Crippen LogP contribution in [0.3, 0.4) is 0 Å². The Balaban J connectivity index is 2.00. The third kappa shape index (κ3) is 3.42. The molecule has 1 aromatic carbocycles. The number of aliphatic imine (C=N–C) groups is 1. The van der Waals surface area contributed by atoms with E-state index in [0.717, 1.165) is 0 Å². The zero-order valence-corrected chi connectivity index (χ0v) is 13.6. The maximum absolute atomic E-state index is 10.8. The number of fused-ring (bicyclic) bond motifs is 1. The number of hydrogen-bond donors (Lipinski definition) is 0. The largest absolute Gasteiger partial charge is 0.493 e. The van der Waals surface area contributed by atoms with Gasteiger partial charge in [0.15, 0.2) is 11.5 Å². The standard InChI is InChI=1S/C17H15N3O5/c1-23-15-8-12-13(9-16(15)24-2)18-7-6-14(12)25-17-5-3-4-11(10-19-17)20(21)22/h3,5-10H,4H2,1-2H3. The van der Waals surface area contributed by atoms with Crippen LogP contribution in [-0.2, 0) is 0 Å². The lowest BCUT2D eigenvalue weighted by Gasteiger charge is -2.11. The van der Waals surface area contributed by atoms with Gasteiger partial charge in [-0.3, -0.25) is 15.1 Å². The van der Waals surface area contributed by atoms with E-state index in [9.17, 15) is 10.1 Å². The van der Waals surface area contributed by atoms with Crippen LogP contribution in [0.5, 0.6) is 17.2 Å². The minimum Gasteiger partial charge on any atom is -0.493 e. The molecular weight excluding hydrogens is 326 g/mol. The average Bonchev–Trinajstić information content (AvgIpc) is 2.86. The van der Waals surface area contributed by atoms with Gasteiger partial charge in [0.1, 0.15) is 11.9 Å². The van der Waals surface area contributed by atoms with E-state index >= 15 is 0 Å². The molecule has 2 heterocycles. The van der Waals surface area contributed by atoms with Crippen LogP contribution in [0.4, 0.5) is 0 Å². The minimum atomic E-state index is -0.463. The van der Waals surface area contributed by atoms with Gasteiger partial charge in [-0.05, 0) is 18.2 Å². The molecule has 8 nitrogen and oxygen atoms in total. The van der Waals surface area contributed by atoms with Gasteiger partial charge in [-0.15, -0.1) is 0 Å². The normalized spacial score (nSPS) is 13.7. The zero-order valence-electron chi connectivity index (χ0n) is 13.6. The van der Waals surface area contributed by atoms with Crippen LogP contribution in [0.1, 0.15) is 6.42 Å². The SMILES string of the molecule is COc1cc2nccc(OC3=NC=C([N+](=O)[O-])CC=C3)c2cc1OC. The predicted molar refractivity (Wildman–Crippen MR) is 91.7 cm³/mol. The first-order valence-corrected chi connectivity index (χ1v) is 7.38. The Morgan fingerprint density at radius 2 is 1.92 bits per heavy atom. The first-order chi connectivity index (χ1) is 12.1. The summed E-state index contributed by atoms with van der Waals surface area (Å²) in [6.45, 7) is 0. The molecular formula is C17H15N3O5. The van der Waals surface area contributed by atoms with E-state index in [1.165, 1.54) is 6.20 Å². The molecule has 0 spiro atoms. The van der Waals surface area contributed by atoms with E-state index in [4.69, 9.17) is 14.2 Å². The molecule has 0 atom stereocenters. The number of aromatic nitrogens is 1. The van der Waals surface area contributed by atoms with Gasteiger partial charge < -0.3 is 14.2 Å². The summed E-state index contributed by atoms with van der Waals surface area (Å²) in [6, 6.07) is 5.19. The fourth-order valence-corrected chi connectivity index (χ4v) is 2.35. The van der Waals surface area contributed by atoms with Crippen molar-refractivity contribution < 1.29 is 19.1 Å². The van der Waals surface area contributed by atoms with Crippen molar-refractivity contribution in [3.63, 3.8) is 0 Å². The third-order valence-corrected chi connectivity index (χ3v) is 3.58. The Hall–Kier alpha value is -3.42. The number of methoxy groups -OCH3 is 2. The highest BCUT2D eigenvalue weighted by molar-refractivity contribution is 5.95. The van der Waals surface area contributed by atoms with Crippen LogP contribution in [-0.4, -0.2) is 30.0 Å². The second kappa shape index (κ2) is 7.00. The lowest BCUT2D eigenvalue weighted by atomic mass is 10.2. The smallest absolute Gasteiger partial charge is 0.268 e. The summed E-state index contributed by atoms with van der Waals surface area (Å²) < 4.78 is 16.4. The molecule has 1 aliphatic rings. The molecule has 3 rings (SSSR count). The van der Waals surface area contributed by atoms with E-state index in [1.54, 1.807) is 50.8 Å². The third-order valence-electron chi connectivity index (χ3n) is 3.58. The van der Waals surface area contributed by atoms with Gasteiger partial charge in [0.25, 0.3) is 5.70 Å². The molecule has 0 radical (unpaired) electrons. The fourth-order valence-electron chi connectivity index (χ4n) is 2.35. The van der Waals surface area contributed by atoms with E-state index in [1.807, 2.05) is 0 Å². The quantitative estimate of drug-likeness (QED) is 0.626. The summed E-state index contributed by atoms with van der Waals surface area (Å²) >= 11 is 0. The van der Waals surface area contributed by atoms with Crippen molar-refractivity contribution in [2.75, 3.05) is 14.2 Å². The van der Waals surface area contributed by atoms with Gasteiger partial charge >= 0.3 is 0 Å². The summed E-state index contributed by atoms with van der Waals surface area (Å²) in [5.74, 6) is 1.86. The second-order valence-electron chi connectivity index (χ2n) is 5.09. The number of nitrogens with zero attached hydrogens (tertiary/aromatic N) is 3. The minimum absolute atomic E-state index is 0.000780. The van der Waals surface area contributed by atoms with Crippen molar-refractivity contribution in [2.45, 2.75) is 6.42 Å². The van der Waals surface area contributed by atoms with Crippen LogP contribution in [0.2, 0.25) is 0 Å². The Morgan fingerprint density at radius 3 is 2.64 bits per heavy atom. The van der Waals surface area contributed by atoms with Crippen molar-refractivity contribution in [2.24, 2.45) is 4.99 Å². The molecule has 0 saturated carbocycles. The molecule has 2 aromatic rings. The lowest BCUT2D eigenvalue weighted by Crippen LogP contribution is -2.05. The van der Waals surface area contributed by atoms with E-state index < -0.39 is 4.92 Å². The van der Waals surface area contributed by atoms with Crippen molar-refractivity contribution in [3.05, 3.63) is 58.6 Å². The fraction of sp³-hybridized carbons (Fsp3) is 0.176. The molecule has 0 N–H and O–H groups in total. The number of pyridine rings is 1. The Labute approximate surface area is 143 Å². The van der Waals surface area contributed by atoms with E-state index in [-0.39, 0.29) is 18.0 Å². The topological polar surface area (TPSA) is 96.1 Å². The molecule has 1 aliphatic heterocycles. The van der Waals surface area contributed by atoms with Gasteiger partial charge in [0.05, 0.1) is 31.1 Å². The zero-order chi connectivity index (χ0) is 17.8. The molecule has 0 saturated heterocycles. The van der Waals surface area contributed by atoms with Crippen molar-refractivity contribution in [1.29, 1.82) is 0 Å². The maximum Gasteiger partial charge on any atom is 0.268 e. The average molecular weight is 341 g/mol. The highest BCUT2D eigenvalue weighted by atomic mass is 16.6. The molecule has 1 aromatic heterocycles. The summed E-state index contributed by atoms with van der Waals surface area (Å²) in [5, 5.41) is 11.5. The number of allylic oxidation sites excluding steroid dienone is 1. The van der Waals surface area contributed by atoms with Crippen molar-refractivity contribution >= 4 is 16.8 Å². The number of rotatable bonds is 4. The Kier molecular flexibility index (Phi) is 4.60. The summed E-state index contributed by atoms with van der Waals surface area (Å²) in [4.78, 5) is 18.7. The molecule has 25 heavy (non-hydrogen) atoms. The summed E-state index contributed by atoms with van der Waals surface area (Å²) in [7, 11) is 3.09. The predicted octanol–water partition coefficient (Wildman–Crippen LogP) is 3.11. The van der Waals surface area contributed by atoms with Crippen LogP contribution in [0.25, 0.3) is 10.9 Å². The molecule has 8 heteroatoms. The van der Waals surface area contributed by atoms with Crippen LogP contribution < -0.4 is 14.2 Å². The van der Waals surface area contributed by atoms with Crippen molar-refractivity contribution in [3.8, 4) is 17.2 Å². The van der Waals surface area contributed by atoms with Crippen LogP contribution in [0, 0.1) is 10.1 Å². The molecule has 0 bridgehead atoms. The second-order valence-corrected chi connectivity index (χ2v) is 5.09. The first-order valence-electron chi connectivity index (χ1n) is 7.38. The first kappa shape index (κ1) is 16.4. The van der Waals surface area contributed by atoms with Crippen molar-refractivity contribution in [1.82, 2.24) is 4.98 Å². The highest BCUT2D eigenvalue weighted by Crippen LogP contribution is 2.35. The van der Waals surface area contributed by atoms with Gasteiger partial charge in [0.2, 0.25) is 5.90 Å². The molecule has 128 valence electrons. The number of hydrogen-bond acceptors (Lipinski definition) is 7. The molecule has 0 amide bonds.